The molecule has 0 bridgehead atoms. The third-order valence-electron chi connectivity index (χ3n) is 2.84. The molecule has 0 aliphatic heterocycles. The van der Waals surface area contributed by atoms with Gasteiger partial charge in [-0.1, -0.05) is 12.1 Å². The van der Waals surface area contributed by atoms with E-state index in [0.29, 0.717) is 5.56 Å². The largest absolute Gasteiger partial charge is 0.348 e. The van der Waals surface area contributed by atoms with Crippen LogP contribution in [0, 0.1) is 5.82 Å². The number of halogens is 1. The van der Waals surface area contributed by atoms with Gasteiger partial charge >= 0.3 is 0 Å². The molecule has 1 aromatic rings. The van der Waals surface area contributed by atoms with Crippen molar-refractivity contribution in [1.82, 2.24) is 5.32 Å². The van der Waals surface area contributed by atoms with Crippen LogP contribution in [0.4, 0.5) is 4.39 Å². The first-order valence-corrected chi connectivity index (χ1v) is 8.24. The quantitative estimate of drug-likeness (QED) is 0.812. The lowest BCUT2D eigenvalue weighted by Crippen LogP contribution is -2.42. The summed E-state index contributed by atoms with van der Waals surface area (Å²) in [7, 11) is -3.15. The van der Waals surface area contributed by atoms with Crippen molar-refractivity contribution in [3.8, 4) is 0 Å². The summed E-state index contributed by atoms with van der Waals surface area (Å²) in [6.45, 7) is 1.70. The number of sulfone groups is 1. The Labute approximate surface area is 118 Å². The van der Waals surface area contributed by atoms with Gasteiger partial charge in [-0.3, -0.25) is 4.79 Å². The predicted octanol–water partition coefficient (Wildman–Crippen LogP) is 0.765. The molecule has 3 N–H and O–H groups in total. The number of benzene rings is 1. The number of carbonyl (C=O) groups is 1. The van der Waals surface area contributed by atoms with Crippen LogP contribution in [0.1, 0.15) is 24.9 Å². The molecule has 112 valence electrons. The van der Waals surface area contributed by atoms with Gasteiger partial charge in [0.25, 0.3) is 0 Å². The number of nitrogens with one attached hydrogen (secondary N) is 1. The SMILES string of the molecule is C[C@@H](NC(=O)C(N)CCS(C)(=O)=O)c1cccc(F)c1. The lowest BCUT2D eigenvalue weighted by molar-refractivity contribution is -0.123. The van der Waals surface area contributed by atoms with Gasteiger partial charge in [0.05, 0.1) is 17.8 Å². The summed E-state index contributed by atoms with van der Waals surface area (Å²) in [6.07, 6.45) is 1.15. The van der Waals surface area contributed by atoms with Crippen molar-refractivity contribution in [2.24, 2.45) is 5.73 Å². The number of hydrogen-bond acceptors (Lipinski definition) is 4. The molecule has 0 aliphatic rings. The van der Waals surface area contributed by atoms with Crippen LogP contribution in [0.3, 0.4) is 0 Å². The highest BCUT2D eigenvalue weighted by Crippen LogP contribution is 2.13. The molecular weight excluding hydrogens is 283 g/mol. The molecule has 5 nitrogen and oxygen atoms in total. The van der Waals surface area contributed by atoms with Gasteiger partial charge in [-0.25, -0.2) is 12.8 Å². The summed E-state index contributed by atoms with van der Waals surface area (Å²) in [4.78, 5) is 11.8. The van der Waals surface area contributed by atoms with Crippen LogP contribution in [-0.4, -0.2) is 32.4 Å². The third kappa shape index (κ3) is 5.66. The highest BCUT2D eigenvalue weighted by Gasteiger charge is 2.18. The van der Waals surface area contributed by atoms with Gasteiger partial charge in [-0.15, -0.1) is 0 Å². The van der Waals surface area contributed by atoms with E-state index in [1.54, 1.807) is 19.1 Å². The Morgan fingerprint density at radius 2 is 2.10 bits per heavy atom. The summed E-state index contributed by atoms with van der Waals surface area (Å²) >= 11 is 0. The molecule has 2 atom stereocenters. The number of nitrogens with two attached hydrogens (primary N) is 1. The second-order valence-electron chi connectivity index (χ2n) is 4.81. The molecule has 1 amide bonds. The molecule has 0 saturated carbocycles. The van der Waals surface area contributed by atoms with Crippen LogP contribution in [0.25, 0.3) is 0 Å². The molecule has 1 unspecified atom stereocenters. The molecule has 0 aliphatic carbocycles. The summed E-state index contributed by atoms with van der Waals surface area (Å²) < 4.78 is 35.1. The molecule has 1 aromatic carbocycles. The highest BCUT2D eigenvalue weighted by molar-refractivity contribution is 7.90. The van der Waals surface area contributed by atoms with E-state index in [9.17, 15) is 17.6 Å². The second kappa shape index (κ2) is 6.81. The van der Waals surface area contributed by atoms with Gasteiger partial charge in [0, 0.05) is 6.26 Å². The summed E-state index contributed by atoms with van der Waals surface area (Å²) in [5, 5.41) is 2.63. The maximum atomic E-state index is 13.1. The Bertz CT molecular complexity index is 575. The lowest BCUT2D eigenvalue weighted by atomic mass is 10.1. The normalized spacial score (nSPS) is 14.6. The highest BCUT2D eigenvalue weighted by atomic mass is 32.2. The molecule has 7 heteroatoms. The van der Waals surface area contributed by atoms with Gasteiger partial charge in [-0.05, 0) is 31.0 Å². The van der Waals surface area contributed by atoms with Gasteiger partial charge in [0.2, 0.25) is 5.91 Å². The third-order valence-corrected chi connectivity index (χ3v) is 3.82. The summed E-state index contributed by atoms with van der Waals surface area (Å²) in [6, 6.07) is 4.58. The van der Waals surface area contributed by atoms with E-state index in [1.807, 2.05) is 0 Å². The maximum absolute atomic E-state index is 13.1. The monoisotopic (exact) mass is 302 g/mol. The Balaban J connectivity index is 2.57. The zero-order valence-electron chi connectivity index (χ0n) is 11.5. The standard InChI is InChI=1S/C13H19FN2O3S/c1-9(10-4-3-5-11(14)8-10)16-13(17)12(15)6-7-20(2,18)19/h3-5,8-9,12H,6-7,15H2,1-2H3,(H,16,17)/t9-,12?/m1/s1. The molecule has 0 aromatic heterocycles. The molecule has 0 fully saturated rings. The number of carbonyl (C=O) groups excluding carboxylic acids is 1. The van der Waals surface area contributed by atoms with E-state index in [-0.39, 0.29) is 18.0 Å². The summed E-state index contributed by atoms with van der Waals surface area (Å²) in [5.74, 6) is -0.981. The lowest BCUT2D eigenvalue weighted by Gasteiger charge is -2.17. The average Bonchev–Trinajstić information content (AvgIpc) is 2.34. The molecular formula is C13H19FN2O3S. The van der Waals surface area contributed by atoms with Crippen molar-refractivity contribution in [1.29, 1.82) is 0 Å². The molecule has 0 heterocycles. The Hall–Kier alpha value is -1.47. The topological polar surface area (TPSA) is 89.3 Å². The number of rotatable bonds is 6. The van der Waals surface area contributed by atoms with E-state index >= 15 is 0 Å². The van der Waals surface area contributed by atoms with Crippen LogP contribution in [0.15, 0.2) is 24.3 Å². The molecule has 0 spiro atoms. The van der Waals surface area contributed by atoms with Crippen molar-refractivity contribution in [3.63, 3.8) is 0 Å². The smallest absolute Gasteiger partial charge is 0.237 e. The Kier molecular flexibility index (Phi) is 5.64. The van der Waals surface area contributed by atoms with Crippen LogP contribution >= 0.6 is 0 Å². The van der Waals surface area contributed by atoms with E-state index in [2.05, 4.69) is 5.32 Å². The fourth-order valence-corrected chi connectivity index (χ4v) is 2.33. The van der Waals surface area contributed by atoms with E-state index < -0.39 is 27.8 Å². The molecule has 20 heavy (non-hydrogen) atoms. The first kappa shape index (κ1) is 16.6. The maximum Gasteiger partial charge on any atom is 0.237 e. The van der Waals surface area contributed by atoms with Crippen molar-refractivity contribution >= 4 is 15.7 Å². The predicted molar refractivity (Wildman–Crippen MR) is 75.3 cm³/mol. The number of hydrogen-bond donors (Lipinski definition) is 2. The van der Waals surface area contributed by atoms with Gasteiger partial charge in [0.15, 0.2) is 0 Å². The van der Waals surface area contributed by atoms with Crippen LogP contribution < -0.4 is 11.1 Å². The fourth-order valence-electron chi connectivity index (χ4n) is 1.65. The molecule has 0 radical (unpaired) electrons. The van der Waals surface area contributed by atoms with Crippen molar-refractivity contribution in [2.45, 2.75) is 25.4 Å². The van der Waals surface area contributed by atoms with E-state index in [4.69, 9.17) is 5.73 Å². The van der Waals surface area contributed by atoms with Gasteiger partial charge in [-0.2, -0.15) is 0 Å². The minimum atomic E-state index is -3.15. The molecule has 1 rings (SSSR count). The van der Waals surface area contributed by atoms with E-state index in [0.717, 1.165) is 6.26 Å². The summed E-state index contributed by atoms with van der Waals surface area (Å²) in [5.41, 5.74) is 6.25. The minimum absolute atomic E-state index is 0.0561. The fraction of sp³-hybridized carbons (Fsp3) is 0.462. The zero-order chi connectivity index (χ0) is 15.3. The first-order chi connectivity index (χ1) is 9.19. The van der Waals surface area contributed by atoms with Crippen LogP contribution in [-0.2, 0) is 14.6 Å². The Morgan fingerprint density at radius 1 is 1.45 bits per heavy atom. The van der Waals surface area contributed by atoms with Gasteiger partial charge < -0.3 is 11.1 Å². The van der Waals surface area contributed by atoms with Crippen LogP contribution in [0.2, 0.25) is 0 Å². The minimum Gasteiger partial charge on any atom is -0.348 e. The van der Waals surface area contributed by atoms with E-state index in [1.165, 1.54) is 12.1 Å². The van der Waals surface area contributed by atoms with Gasteiger partial charge in [0.1, 0.15) is 15.7 Å². The second-order valence-corrected chi connectivity index (χ2v) is 7.07. The zero-order valence-corrected chi connectivity index (χ0v) is 12.3. The van der Waals surface area contributed by atoms with Crippen molar-refractivity contribution in [3.05, 3.63) is 35.6 Å². The van der Waals surface area contributed by atoms with Crippen LogP contribution in [0.5, 0.6) is 0 Å². The van der Waals surface area contributed by atoms with Crippen molar-refractivity contribution in [2.75, 3.05) is 12.0 Å². The molecule has 0 saturated heterocycles. The average molecular weight is 302 g/mol. The number of amides is 1. The first-order valence-electron chi connectivity index (χ1n) is 6.18. The van der Waals surface area contributed by atoms with Crippen molar-refractivity contribution < 1.29 is 17.6 Å². The Morgan fingerprint density at radius 3 is 2.65 bits per heavy atom.